The molecule has 0 spiro atoms. The van der Waals surface area contributed by atoms with Crippen molar-refractivity contribution in [3.63, 3.8) is 0 Å². The number of hydrogen-bond donors (Lipinski definition) is 1. The lowest BCUT2D eigenvalue weighted by atomic mass is 10.1. The highest BCUT2D eigenvalue weighted by molar-refractivity contribution is 6.02. The maximum absolute atomic E-state index is 12.4. The Morgan fingerprint density at radius 1 is 1.29 bits per heavy atom. The minimum absolute atomic E-state index is 0.0755. The number of non-ortho nitro benzene ring substituents is 1. The van der Waals surface area contributed by atoms with E-state index >= 15 is 0 Å². The number of rotatable bonds is 7. The zero-order chi connectivity index (χ0) is 20.1. The van der Waals surface area contributed by atoms with Gasteiger partial charge in [0.25, 0.3) is 11.6 Å². The molecule has 0 aliphatic carbocycles. The molecule has 0 fully saturated rings. The molecule has 146 valence electrons. The van der Waals surface area contributed by atoms with Crippen LogP contribution in [0.25, 0.3) is 0 Å². The van der Waals surface area contributed by atoms with Crippen LogP contribution in [0, 0.1) is 10.1 Å². The molecule has 3 rings (SSSR count). The summed E-state index contributed by atoms with van der Waals surface area (Å²) in [5.74, 6) is -0.400. The highest BCUT2D eigenvalue weighted by Gasteiger charge is 2.29. The Morgan fingerprint density at radius 2 is 2.04 bits per heavy atom. The highest BCUT2D eigenvalue weighted by atomic mass is 16.6. The molecule has 28 heavy (non-hydrogen) atoms. The molecule has 0 saturated carbocycles. The van der Waals surface area contributed by atoms with Gasteiger partial charge in [-0.05, 0) is 31.4 Å². The quantitative estimate of drug-likeness (QED) is 0.584. The predicted molar refractivity (Wildman–Crippen MR) is 103 cm³/mol. The minimum Gasteiger partial charge on any atom is -0.482 e. The van der Waals surface area contributed by atoms with E-state index in [4.69, 9.17) is 4.74 Å². The van der Waals surface area contributed by atoms with Gasteiger partial charge in [-0.15, -0.1) is 0 Å². The lowest BCUT2D eigenvalue weighted by molar-refractivity contribution is -0.384. The van der Waals surface area contributed by atoms with Gasteiger partial charge in [-0.1, -0.05) is 30.3 Å². The molecule has 0 radical (unpaired) electrons. The van der Waals surface area contributed by atoms with Gasteiger partial charge in [0.1, 0.15) is 12.3 Å². The average molecular weight is 383 g/mol. The molecule has 0 bridgehead atoms. The van der Waals surface area contributed by atoms with Gasteiger partial charge in [0.15, 0.2) is 6.61 Å². The molecule has 1 aliphatic rings. The second kappa shape index (κ2) is 8.51. The van der Waals surface area contributed by atoms with Gasteiger partial charge >= 0.3 is 0 Å². The first-order valence-electron chi connectivity index (χ1n) is 8.99. The Labute approximate surface area is 162 Å². The normalized spacial score (nSPS) is 14.0. The van der Waals surface area contributed by atoms with Gasteiger partial charge in [0.05, 0.1) is 10.6 Å². The zero-order valence-electron chi connectivity index (χ0n) is 15.5. The van der Waals surface area contributed by atoms with Crippen LogP contribution in [-0.4, -0.2) is 35.9 Å². The van der Waals surface area contributed by atoms with Crippen molar-refractivity contribution in [2.45, 2.75) is 25.8 Å². The Bertz CT molecular complexity index is 885. The summed E-state index contributed by atoms with van der Waals surface area (Å²) in [6, 6.07) is 13.9. The van der Waals surface area contributed by atoms with E-state index in [2.05, 4.69) is 5.32 Å². The van der Waals surface area contributed by atoms with E-state index in [1.165, 1.54) is 28.7 Å². The highest BCUT2D eigenvalue weighted by Crippen LogP contribution is 2.35. The summed E-state index contributed by atoms with van der Waals surface area (Å²) in [4.78, 5) is 36.3. The van der Waals surface area contributed by atoms with Crippen molar-refractivity contribution in [1.29, 1.82) is 0 Å². The molecule has 1 heterocycles. The number of nitro groups is 1. The van der Waals surface area contributed by atoms with E-state index in [1.807, 2.05) is 37.3 Å². The van der Waals surface area contributed by atoms with E-state index < -0.39 is 10.8 Å². The second-order valence-electron chi connectivity index (χ2n) is 6.67. The van der Waals surface area contributed by atoms with E-state index in [-0.39, 0.29) is 36.5 Å². The van der Waals surface area contributed by atoms with Crippen LogP contribution in [0.3, 0.4) is 0 Å². The predicted octanol–water partition coefficient (Wildman–Crippen LogP) is 2.46. The first-order chi connectivity index (χ1) is 13.4. The zero-order valence-corrected chi connectivity index (χ0v) is 15.5. The van der Waals surface area contributed by atoms with E-state index in [9.17, 15) is 19.7 Å². The summed E-state index contributed by atoms with van der Waals surface area (Å²) in [7, 11) is 0. The van der Waals surface area contributed by atoms with Gasteiger partial charge in [0, 0.05) is 18.2 Å². The summed E-state index contributed by atoms with van der Waals surface area (Å²) in [5.41, 5.74) is 1.25. The van der Waals surface area contributed by atoms with Crippen LogP contribution >= 0.6 is 0 Å². The lowest BCUT2D eigenvalue weighted by Crippen LogP contribution is -2.46. The molecule has 1 aliphatic heterocycles. The molecule has 8 heteroatoms. The Balaban J connectivity index is 1.62. The molecule has 8 nitrogen and oxygen atoms in total. The Kier molecular flexibility index (Phi) is 5.88. The monoisotopic (exact) mass is 383 g/mol. The van der Waals surface area contributed by atoms with E-state index in [0.29, 0.717) is 5.75 Å². The van der Waals surface area contributed by atoms with Crippen molar-refractivity contribution in [3.05, 3.63) is 64.2 Å². The summed E-state index contributed by atoms with van der Waals surface area (Å²) < 4.78 is 5.31. The fourth-order valence-electron chi connectivity index (χ4n) is 3.04. The molecule has 0 aromatic heterocycles. The minimum atomic E-state index is -0.552. The molecule has 0 saturated heterocycles. The van der Waals surface area contributed by atoms with Crippen LogP contribution < -0.4 is 15.0 Å². The third-order valence-corrected chi connectivity index (χ3v) is 4.51. The number of nitrogens with one attached hydrogen (secondary N) is 1. The van der Waals surface area contributed by atoms with Gasteiger partial charge in [0.2, 0.25) is 5.91 Å². The van der Waals surface area contributed by atoms with Crippen LogP contribution in [0.15, 0.2) is 48.5 Å². The SMILES string of the molecule is CC(CCc1ccccc1)NC(=O)CN1C(=O)COc2ccc([N+](=O)[O-])cc21. The molecule has 1 atom stereocenters. The fourth-order valence-corrected chi connectivity index (χ4v) is 3.04. The molecular weight excluding hydrogens is 362 g/mol. The number of hydrogen-bond acceptors (Lipinski definition) is 5. The maximum atomic E-state index is 12.4. The van der Waals surface area contributed by atoms with Gasteiger partial charge in [-0.25, -0.2) is 0 Å². The summed E-state index contributed by atoms with van der Waals surface area (Å²) >= 11 is 0. The third kappa shape index (κ3) is 4.64. The number of fused-ring (bicyclic) bond motifs is 1. The van der Waals surface area contributed by atoms with Gasteiger partial charge in [-0.3, -0.25) is 24.6 Å². The van der Waals surface area contributed by atoms with Crippen molar-refractivity contribution in [2.75, 3.05) is 18.1 Å². The number of anilines is 1. The van der Waals surface area contributed by atoms with Crippen LogP contribution in [0.1, 0.15) is 18.9 Å². The second-order valence-corrected chi connectivity index (χ2v) is 6.67. The van der Waals surface area contributed by atoms with E-state index in [0.717, 1.165) is 12.8 Å². The van der Waals surface area contributed by atoms with Gasteiger partial charge in [-0.2, -0.15) is 0 Å². The van der Waals surface area contributed by atoms with Crippen molar-refractivity contribution in [2.24, 2.45) is 0 Å². The molecule has 2 amide bonds. The number of nitrogens with zero attached hydrogens (tertiary/aromatic N) is 2. The number of carbonyl (C=O) groups excluding carboxylic acids is 2. The van der Waals surface area contributed by atoms with E-state index in [1.54, 1.807) is 0 Å². The Hall–Kier alpha value is -3.42. The standard InChI is InChI=1S/C20H21N3O5/c1-14(7-8-15-5-3-2-4-6-15)21-19(24)12-22-17-11-16(23(26)27)9-10-18(17)28-13-20(22)25/h2-6,9-11,14H,7-8,12-13H2,1H3,(H,21,24). The van der Waals surface area contributed by atoms with Crippen molar-refractivity contribution >= 4 is 23.2 Å². The number of carbonyl (C=O) groups is 2. The van der Waals surface area contributed by atoms with Crippen LogP contribution in [0.4, 0.5) is 11.4 Å². The Morgan fingerprint density at radius 3 is 2.75 bits per heavy atom. The molecule has 2 aromatic rings. The van der Waals surface area contributed by atoms with Crippen LogP contribution in [-0.2, 0) is 16.0 Å². The number of nitro benzene ring substituents is 1. The third-order valence-electron chi connectivity index (χ3n) is 4.51. The topological polar surface area (TPSA) is 102 Å². The molecule has 1 N–H and O–H groups in total. The molecule has 2 aromatic carbocycles. The smallest absolute Gasteiger partial charge is 0.271 e. The summed E-state index contributed by atoms with van der Waals surface area (Å²) in [5, 5.41) is 13.9. The van der Waals surface area contributed by atoms with Crippen LogP contribution in [0.2, 0.25) is 0 Å². The lowest BCUT2D eigenvalue weighted by Gasteiger charge is -2.29. The summed E-state index contributed by atoms with van der Waals surface area (Å²) in [6.45, 7) is 1.48. The average Bonchev–Trinajstić information content (AvgIpc) is 2.69. The first kappa shape index (κ1) is 19.3. The maximum Gasteiger partial charge on any atom is 0.271 e. The fraction of sp³-hybridized carbons (Fsp3) is 0.300. The number of amides is 2. The first-order valence-corrected chi connectivity index (χ1v) is 8.99. The number of aryl methyl sites for hydroxylation is 1. The number of ether oxygens (including phenoxy) is 1. The van der Waals surface area contributed by atoms with Gasteiger partial charge < -0.3 is 10.1 Å². The van der Waals surface area contributed by atoms with Crippen LogP contribution in [0.5, 0.6) is 5.75 Å². The summed E-state index contributed by atoms with van der Waals surface area (Å²) in [6.07, 6.45) is 1.59. The molecular formula is C20H21N3O5. The largest absolute Gasteiger partial charge is 0.482 e. The van der Waals surface area contributed by atoms with Crippen molar-refractivity contribution in [1.82, 2.24) is 5.32 Å². The molecule has 1 unspecified atom stereocenters. The van der Waals surface area contributed by atoms with Crippen molar-refractivity contribution < 1.29 is 19.2 Å². The number of benzene rings is 2. The van der Waals surface area contributed by atoms with Crippen molar-refractivity contribution in [3.8, 4) is 5.75 Å².